The van der Waals surface area contributed by atoms with Crippen LogP contribution in [0.4, 0.5) is 5.69 Å². The lowest BCUT2D eigenvalue weighted by atomic mass is 9.81. The molecular weight excluding hydrogens is 200 g/mol. The fourth-order valence-corrected chi connectivity index (χ4v) is 3.23. The molecule has 0 saturated carbocycles. The lowest BCUT2D eigenvalue weighted by molar-refractivity contribution is 0.414. The molecule has 1 N–H and O–H groups in total. The number of fused-ring (bicyclic) bond motifs is 3. The molecule has 1 aromatic rings. The summed E-state index contributed by atoms with van der Waals surface area (Å²) in [6, 6.07) is 6.43. The molecule has 1 aromatic carbocycles. The highest BCUT2D eigenvalue weighted by Gasteiger charge is 2.49. The average molecular weight is 218 g/mol. The Labute approximate surface area is 96.4 Å². The van der Waals surface area contributed by atoms with E-state index in [-0.39, 0.29) is 5.41 Å². The number of rotatable bonds is 1. The molecule has 0 unspecified atom stereocenters. The number of methoxy groups -OCH3 is 1. The van der Waals surface area contributed by atoms with E-state index in [4.69, 9.17) is 4.74 Å². The lowest BCUT2D eigenvalue weighted by Crippen LogP contribution is -2.44. The van der Waals surface area contributed by atoms with E-state index in [0.717, 1.165) is 12.3 Å². The molecule has 1 fully saturated rings. The van der Waals surface area contributed by atoms with Gasteiger partial charge in [0.15, 0.2) is 0 Å². The Bertz CT molecular complexity index is 432. The quantitative estimate of drug-likeness (QED) is 0.777. The van der Waals surface area contributed by atoms with Crippen molar-refractivity contribution in [3.8, 4) is 5.75 Å². The van der Waals surface area contributed by atoms with Crippen LogP contribution < -0.4 is 15.0 Å². The molecule has 2 aliphatic rings. The third kappa shape index (κ3) is 1.07. The summed E-state index contributed by atoms with van der Waals surface area (Å²) in [5.74, 6) is 0.939. The van der Waals surface area contributed by atoms with Gasteiger partial charge in [-0.05, 0) is 24.6 Å². The highest BCUT2D eigenvalue weighted by Crippen LogP contribution is 2.48. The van der Waals surface area contributed by atoms with Crippen molar-refractivity contribution >= 4 is 5.69 Å². The highest BCUT2D eigenvalue weighted by atomic mass is 16.5. The molecule has 0 spiro atoms. The average Bonchev–Trinajstić information content (AvgIpc) is 2.77. The minimum absolute atomic E-state index is 0.260. The van der Waals surface area contributed by atoms with Gasteiger partial charge >= 0.3 is 0 Å². The van der Waals surface area contributed by atoms with Crippen molar-refractivity contribution in [2.45, 2.75) is 24.9 Å². The zero-order chi connectivity index (χ0) is 11.3. The van der Waals surface area contributed by atoms with Crippen molar-refractivity contribution < 1.29 is 4.74 Å². The number of benzene rings is 1. The lowest BCUT2D eigenvalue weighted by Gasteiger charge is -2.27. The summed E-state index contributed by atoms with van der Waals surface area (Å²) in [7, 11) is 3.88. The normalized spacial score (nSPS) is 31.4. The fourth-order valence-electron chi connectivity index (χ4n) is 3.23. The monoisotopic (exact) mass is 218 g/mol. The van der Waals surface area contributed by atoms with Gasteiger partial charge in [0.1, 0.15) is 5.75 Å². The minimum atomic E-state index is 0.260. The first-order valence-electron chi connectivity index (χ1n) is 5.81. The van der Waals surface area contributed by atoms with Crippen LogP contribution in [-0.2, 0) is 5.41 Å². The number of anilines is 1. The molecule has 1 saturated heterocycles. The third-order valence-electron chi connectivity index (χ3n) is 4.17. The van der Waals surface area contributed by atoms with Crippen LogP contribution >= 0.6 is 0 Å². The van der Waals surface area contributed by atoms with Crippen LogP contribution in [0.15, 0.2) is 18.2 Å². The maximum Gasteiger partial charge on any atom is 0.120 e. The maximum absolute atomic E-state index is 5.30. The smallest absolute Gasteiger partial charge is 0.120 e. The van der Waals surface area contributed by atoms with Crippen LogP contribution in [0, 0.1) is 0 Å². The first kappa shape index (κ1) is 9.97. The van der Waals surface area contributed by atoms with Gasteiger partial charge in [-0.1, -0.05) is 13.0 Å². The Hall–Kier alpha value is -1.22. The summed E-state index contributed by atoms with van der Waals surface area (Å²) in [5, 5.41) is 3.58. The Kier molecular flexibility index (Phi) is 1.96. The molecule has 3 rings (SSSR count). The summed E-state index contributed by atoms with van der Waals surface area (Å²) in [5.41, 5.74) is 3.01. The topological polar surface area (TPSA) is 24.5 Å². The SMILES string of the molecule is COc1ccc2c(c1)N(C)[C@H]1NCC[C@@]21C. The molecule has 0 bridgehead atoms. The molecule has 0 amide bonds. The standard InChI is InChI=1S/C13H18N2O/c1-13-6-7-14-12(13)15(2)11-8-9(16-3)4-5-10(11)13/h4-5,8,12,14H,6-7H2,1-3H3/t12-,13+/m1/s1. The summed E-state index contributed by atoms with van der Waals surface area (Å²) in [6.45, 7) is 3.46. The first-order chi connectivity index (χ1) is 7.66. The minimum Gasteiger partial charge on any atom is -0.497 e. The maximum atomic E-state index is 5.30. The van der Waals surface area contributed by atoms with Gasteiger partial charge in [-0.15, -0.1) is 0 Å². The number of hydrogen-bond donors (Lipinski definition) is 1. The van der Waals surface area contributed by atoms with Gasteiger partial charge in [0.05, 0.1) is 13.3 Å². The molecule has 0 radical (unpaired) electrons. The van der Waals surface area contributed by atoms with Crippen molar-refractivity contribution in [2.24, 2.45) is 0 Å². The molecule has 86 valence electrons. The molecule has 2 aliphatic heterocycles. The second kappa shape index (κ2) is 3.14. The van der Waals surface area contributed by atoms with Crippen LogP contribution in [0.5, 0.6) is 5.75 Å². The summed E-state index contributed by atoms with van der Waals surface area (Å²) in [4.78, 5) is 2.34. The Morgan fingerprint density at radius 1 is 1.50 bits per heavy atom. The van der Waals surface area contributed by atoms with Crippen molar-refractivity contribution in [1.29, 1.82) is 0 Å². The van der Waals surface area contributed by atoms with Gasteiger partial charge in [-0.3, -0.25) is 5.32 Å². The number of hydrogen-bond acceptors (Lipinski definition) is 3. The van der Waals surface area contributed by atoms with Crippen molar-refractivity contribution in [3.05, 3.63) is 23.8 Å². The third-order valence-corrected chi connectivity index (χ3v) is 4.17. The van der Waals surface area contributed by atoms with Gasteiger partial charge < -0.3 is 9.64 Å². The van der Waals surface area contributed by atoms with E-state index in [1.165, 1.54) is 17.7 Å². The van der Waals surface area contributed by atoms with E-state index < -0.39 is 0 Å². The van der Waals surface area contributed by atoms with Gasteiger partial charge in [0, 0.05) is 24.2 Å². The van der Waals surface area contributed by atoms with Crippen LogP contribution in [0.2, 0.25) is 0 Å². The largest absolute Gasteiger partial charge is 0.497 e. The van der Waals surface area contributed by atoms with Crippen LogP contribution in [0.3, 0.4) is 0 Å². The van der Waals surface area contributed by atoms with E-state index in [1.807, 2.05) is 0 Å². The first-order valence-corrected chi connectivity index (χ1v) is 5.81. The second-order valence-electron chi connectivity index (χ2n) is 5.02. The number of nitrogens with zero attached hydrogens (tertiary/aromatic N) is 1. The van der Waals surface area contributed by atoms with E-state index >= 15 is 0 Å². The van der Waals surface area contributed by atoms with E-state index in [2.05, 4.69) is 42.4 Å². The number of ether oxygens (including phenoxy) is 1. The highest BCUT2D eigenvalue weighted by molar-refractivity contribution is 5.66. The molecule has 2 atom stereocenters. The van der Waals surface area contributed by atoms with Crippen LogP contribution in [-0.4, -0.2) is 26.9 Å². The number of nitrogens with one attached hydrogen (secondary N) is 1. The molecule has 16 heavy (non-hydrogen) atoms. The summed E-state index contributed by atoms with van der Waals surface area (Å²) in [6.07, 6.45) is 1.65. The van der Waals surface area contributed by atoms with E-state index in [9.17, 15) is 0 Å². The van der Waals surface area contributed by atoms with Gasteiger partial charge in [-0.2, -0.15) is 0 Å². The van der Waals surface area contributed by atoms with Gasteiger partial charge in [0.2, 0.25) is 0 Å². The zero-order valence-electron chi connectivity index (χ0n) is 10.1. The molecule has 2 heterocycles. The van der Waals surface area contributed by atoms with Crippen LogP contribution in [0.25, 0.3) is 0 Å². The summed E-state index contributed by atoms with van der Waals surface area (Å²) >= 11 is 0. The van der Waals surface area contributed by atoms with Crippen molar-refractivity contribution in [2.75, 3.05) is 25.6 Å². The van der Waals surface area contributed by atoms with Gasteiger partial charge in [0.25, 0.3) is 0 Å². The predicted molar refractivity (Wildman–Crippen MR) is 65.2 cm³/mol. The Morgan fingerprint density at radius 2 is 2.31 bits per heavy atom. The van der Waals surface area contributed by atoms with Crippen LogP contribution in [0.1, 0.15) is 18.9 Å². The van der Waals surface area contributed by atoms with Gasteiger partial charge in [-0.25, -0.2) is 0 Å². The fraction of sp³-hybridized carbons (Fsp3) is 0.538. The number of likely N-dealkylation sites (N-methyl/N-ethyl adjacent to an activating group) is 1. The van der Waals surface area contributed by atoms with Crippen molar-refractivity contribution in [3.63, 3.8) is 0 Å². The van der Waals surface area contributed by atoms with Crippen molar-refractivity contribution in [1.82, 2.24) is 5.32 Å². The predicted octanol–water partition coefficient (Wildman–Crippen LogP) is 1.72. The molecule has 0 aliphatic carbocycles. The second-order valence-corrected chi connectivity index (χ2v) is 5.02. The van der Waals surface area contributed by atoms with E-state index in [0.29, 0.717) is 6.17 Å². The molecule has 3 heteroatoms. The molecular formula is C13H18N2O. The Morgan fingerprint density at radius 3 is 3.06 bits per heavy atom. The van der Waals surface area contributed by atoms with E-state index in [1.54, 1.807) is 7.11 Å². The summed E-state index contributed by atoms with van der Waals surface area (Å²) < 4.78 is 5.30. The molecule has 3 nitrogen and oxygen atoms in total. The zero-order valence-corrected chi connectivity index (χ0v) is 10.1. The molecule has 0 aromatic heterocycles. The Balaban J connectivity index is 2.14.